The number of rotatable bonds is 6. The van der Waals surface area contributed by atoms with E-state index in [-0.39, 0.29) is 17.7 Å². The molecule has 164 valence electrons. The van der Waals surface area contributed by atoms with Gasteiger partial charge in [0.15, 0.2) is 5.13 Å². The van der Waals surface area contributed by atoms with E-state index in [1.807, 2.05) is 60.0 Å². The van der Waals surface area contributed by atoms with Gasteiger partial charge in [-0.2, -0.15) is 0 Å². The van der Waals surface area contributed by atoms with Crippen LogP contribution >= 0.6 is 11.3 Å². The summed E-state index contributed by atoms with van der Waals surface area (Å²) in [7, 11) is 0. The fourth-order valence-corrected chi connectivity index (χ4v) is 4.51. The van der Waals surface area contributed by atoms with E-state index >= 15 is 0 Å². The second-order valence-electron chi connectivity index (χ2n) is 7.69. The monoisotopic (exact) mass is 448 g/mol. The van der Waals surface area contributed by atoms with E-state index in [2.05, 4.69) is 15.6 Å². The first-order chi connectivity index (χ1) is 15.5. The number of hydrogen-bond acceptors (Lipinski definition) is 5. The molecule has 1 aromatic heterocycles. The maximum Gasteiger partial charge on any atom is 0.248 e. The summed E-state index contributed by atoms with van der Waals surface area (Å²) < 4.78 is 0. The van der Waals surface area contributed by atoms with Gasteiger partial charge in [0.1, 0.15) is 6.04 Å². The molecule has 1 aliphatic heterocycles. The van der Waals surface area contributed by atoms with Crippen LogP contribution in [0.3, 0.4) is 0 Å². The Bertz CT molecular complexity index is 1110. The highest BCUT2D eigenvalue weighted by Crippen LogP contribution is 2.27. The van der Waals surface area contributed by atoms with Crippen molar-refractivity contribution < 1.29 is 14.4 Å². The number of thiazole rings is 1. The van der Waals surface area contributed by atoms with Gasteiger partial charge < -0.3 is 15.5 Å². The molecule has 1 atom stereocenters. The number of aromatic nitrogens is 1. The molecule has 3 amide bonds. The van der Waals surface area contributed by atoms with Crippen molar-refractivity contribution in [2.24, 2.45) is 0 Å². The third kappa shape index (κ3) is 5.20. The van der Waals surface area contributed by atoms with Gasteiger partial charge in [-0.1, -0.05) is 42.5 Å². The van der Waals surface area contributed by atoms with Crippen LogP contribution in [0.1, 0.15) is 25.3 Å². The van der Waals surface area contributed by atoms with Gasteiger partial charge >= 0.3 is 0 Å². The van der Waals surface area contributed by atoms with Crippen LogP contribution in [0.2, 0.25) is 0 Å². The fraction of sp³-hybridized carbons (Fsp3) is 0.250. The Balaban J connectivity index is 1.39. The first kappa shape index (κ1) is 21.7. The molecule has 0 saturated carbocycles. The molecule has 1 saturated heterocycles. The lowest BCUT2D eigenvalue weighted by molar-refractivity contribution is -0.136. The number of nitrogens with zero attached hydrogens (tertiary/aromatic N) is 2. The van der Waals surface area contributed by atoms with Crippen LogP contribution in [-0.4, -0.2) is 40.2 Å². The molecule has 3 aromatic rings. The van der Waals surface area contributed by atoms with E-state index in [0.29, 0.717) is 30.2 Å². The minimum absolute atomic E-state index is 0.0343. The number of benzene rings is 2. The molecule has 32 heavy (non-hydrogen) atoms. The zero-order valence-electron chi connectivity index (χ0n) is 17.7. The van der Waals surface area contributed by atoms with Crippen LogP contribution in [0.4, 0.5) is 10.8 Å². The lowest BCUT2D eigenvalue weighted by Crippen LogP contribution is -2.43. The fourth-order valence-electron chi connectivity index (χ4n) is 3.79. The minimum atomic E-state index is -0.476. The maximum atomic E-state index is 12.9. The molecule has 1 aliphatic rings. The third-order valence-electron chi connectivity index (χ3n) is 5.31. The summed E-state index contributed by atoms with van der Waals surface area (Å²) in [6.45, 7) is 2.05. The van der Waals surface area contributed by atoms with Gasteiger partial charge in [-0.15, -0.1) is 11.3 Å². The summed E-state index contributed by atoms with van der Waals surface area (Å²) >= 11 is 1.34. The average molecular weight is 449 g/mol. The number of amides is 3. The maximum absolute atomic E-state index is 12.9. The normalized spacial score (nSPS) is 15.4. The van der Waals surface area contributed by atoms with E-state index < -0.39 is 6.04 Å². The molecular formula is C24H24N4O3S. The summed E-state index contributed by atoms with van der Waals surface area (Å²) in [5.74, 6) is -0.363. The van der Waals surface area contributed by atoms with Gasteiger partial charge in [-0.25, -0.2) is 4.98 Å². The van der Waals surface area contributed by atoms with Crippen molar-refractivity contribution >= 4 is 39.9 Å². The largest absolute Gasteiger partial charge is 0.330 e. The summed E-state index contributed by atoms with van der Waals surface area (Å²) in [6.07, 6.45) is 1.75. The lowest BCUT2D eigenvalue weighted by Gasteiger charge is -2.23. The summed E-state index contributed by atoms with van der Waals surface area (Å²) in [4.78, 5) is 43.0. The third-order valence-corrected chi connectivity index (χ3v) is 6.07. The average Bonchev–Trinajstić information content (AvgIpc) is 3.44. The molecule has 2 heterocycles. The Morgan fingerprint density at radius 3 is 2.53 bits per heavy atom. The van der Waals surface area contributed by atoms with E-state index in [0.717, 1.165) is 23.2 Å². The number of likely N-dealkylation sites (tertiary alicyclic amines) is 1. The minimum Gasteiger partial charge on any atom is -0.330 e. The highest BCUT2D eigenvalue weighted by Gasteiger charge is 2.34. The molecule has 0 radical (unpaired) electrons. The number of hydrogen-bond donors (Lipinski definition) is 2. The topological polar surface area (TPSA) is 91.4 Å². The van der Waals surface area contributed by atoms with Crippen molar-refractivity contribution in [3.63, 3.8) is 0 Å². The summed E-state index contributed by atoms with van der Waals surface area (Å²) in [5.41, 5.74) is 3.28. The van der Waals surface area contributed by atoms with Gasteiger partial charge in [0.05, 0.1) is 12.1 Å². The van der Waals surface area contributed by atoms with Crippen molar-refractivity contribution in [2.45, 2.75) is 32.2 Å². The van der Waals surface area contributed by atoms with E-state index in [9.17, 15) is 14.4 Å². The zero-order chi connectivity index (χ0) is 22.5. The van der Waals surface area contributed by atoms with Gasteiger partial charge in [0.25, 0.3) is 0 Å². The molecular weight excluding hydrogens is 424 g/mol. The van der Waals surface area contributed by atoms with Crippen molar-refractivity contribution in [3.8, 4) is 11.3 Å². The van der Waals surface area contributed by atoms with Crippen LogP contribution in [-0.2, 0) is 20.8 Å². The molecule has 7 nitrogen and oxygen atoms in total. The SMILES string of the molecule is CC(=O)Nc1ccc(-c2csc(NC(=O)C3CCCN3C(=O)Cc3ccccc3)n2)cc1. The quantitative estimate of drug-likeness (QED) is 0.598. The smallest absolute Gasteiger partial charge is 0.248 e. The second kappa shape index (κ2) is 9.74. The van der Waals surface area contributed by atoms with Crippen molar-refractivity contribution in [1.82, 2.24) is 9.88 Å². The molecule has 0 spiro atoms. The van der Waals surface area contributed by atoms with Crippen LogP contribution in [0, 0.1) is 0 Å². The molecule has 2 N–H and O–H groups in total. The summed E-state index contributed by atoms with van der Waals surface area (Å²) in [5, 5.41) is 7.98. The molecule has 2 aromatic carbocycles. The van der Waals surface area contributed by atoms with Gasteiger partial charge in [-0.3, -0.25) is 14.4 Å². The number of carbonyl (C=O) groups is 3. The van der Waals surface area contributed by atoms with Gasteiger partial charge in [0.2, 0.25) is 17.7 Å². The van der Waals surface area contributed by atoms with Gasteiger partial charge in [0, 0.05) is 30.1 Å². The number of nitrogens with one attached hydrogen (secondary N) is 2. The predicted octanol–water partition coefficient (Wildman–Crippen LogP) is 3.94. The highest BCUT2D eigenvalue weighted by atomic mass is 32.1. The van der Waals surface area contributed by atoms with Crippen LogP contribution in [0.5, 0.6) is 0 Å². The summed E-state index contributed by atoms with van der Waals surface area (Å²) in [6, 6.07) is 16.4. The Morgan fingerprint density at radius 2 is 1.81 bits per heavy atom. The van der Waals surface area contributed by atoms with Crippen LogP contribution in [0.15, 0.2) is 60.0 Å². The highest BCUT2D eigenvalue weighted by molar-refractivity contribution is 7.14. The van der Waals surface area contributed by atoms with E-state index in [1.165, 1.54) is 18.3 Å². The van der Waals surface area contributed by atoms with Crippen molar-refractivity contribution in [2.75, 3.05) is 17.2 Å². The molecule has 1 unspecified atom stereocenters. The Labute approximate surface area is 190 Å². The molecule has 0 aliphatic carbocycles. The van der Waals surface area contributed by atoms with Crippen molar-refractivity contribution in [3.05, 3.63) is 65.5 Å². The molecule has 1 fully saturated rings. The Kier molecular flexibility index (Phi) is 6.61. The lowest BCUT2D eigenvalue weighted by atomic mass is 10.1. The number of anilines is 2. The molecule has 4 rings (SSSR count). The van der Waals surface area contributed by atoms with Crippen molar-refractivity contribution in [1.29, 1.82) is 0 Å². The first-order valence-corrected chi connectivity index (χ1v) is 11.4. The number of carbonyl (C=O) groups excluding carboxylic acids is 3. The van der Waals surface area contributed by atoms with E-state index in [1.54, 1.807) is 4.90 Å². The first-order valence-electron chi connectivity index (χ1n) is 10.5. The van der Waals surface area contributed by atoms with Crippen LogP contribution in [0.25, 0.3) is 11.3 Å². The van der Waals surface area contributed by atoms with Gasteiger partial charge in [-0.05, 0) is 30.5 Å². The predicted molar refractivity (Wildman–Crippen MR) is 125 cm³/mol. The Morgan fingerprint density at radius 1 is 1.06 bits per heavy atom. The second-order valence-corrected chi connectivity index (χ2v) is 8.55. The molecule has 8 heteroatoms. The van der Waals surface area contributed by atoms with E-state index in [4.69, 9.17) is 0 Å². The Hall–Kier alpha value is -3.52. The van der Waals surface area contributed by atoms with Crippen LogP contribution < -0.4 is 10.6 Å². The molecule has 0 bridgehead atoms. The zero-order valence-corrected chi connectivity index (χ0v) is 18.5. The standard InChI is InChI=1S/C24H24N4O3S/c1-16(29)25-19-11-9-18(10-12-19)20-15-32-24(26-20)27-23(31)21-8-5-13-28(21)22(30)14-17-6-3-2-4-7-17/h2-4,6-7,9-12,15,21H,5,8,13-14H2,1H3,(H,25,29)(H,26,27,31).